The molecule has 6 heterocycles. The number of nitrogens with zero attached hydrogens (tertiary/aromatic N) is 5. The minimum Gasteiger partial charge on any atom is -0.497 e. The molecule has 0 saturated carbocycles. The van der Waals surface area contributed by atoms with E-state index in [0.717, 1.165) is 168 Å². The SMILES string of the molecule is CNCc1ccc(-c2[nH]c(-c3c(C)[nH]c4ccccc34)nc2-c2ccc(N(C)C)cc2)cc1.CNCc1ccc(-c2[nH]c(-c3c[nH]c4ccc(Br)cc34)nc2-c2ccc(N(C)C)cc2)cc1.COc1ccc(-c2nc(-c3c[nH]c4ccc(Br)cc34)[nH]c2-c2ccc(C)cc2)cc1. The van der Waals surface area contributed by atoms with Gasteiger partial charge in [-0.25, -0.2) is 15.0 Å². The third-order valence-electron chi connectivity index (χ3n) is 17.3. The van der Waals surface area contributed by atoms with Crippen LogP contribution < -0.4 is 25.2 Å². The molecule has 0 bridgehead atoms. The van der Waals surface area contributed by atoms with Gasteiger partial charge < -0.3 is 55.1 Å². The van der Waals surface area contributed by atoms with Crippen molar-refractivity contribution in [3.8, 4) is 107 Å². The first-order chi connectivity index (χ1) is 46.7. The van der Waals surface area contributed by atoms with E-state index in [9.17, 15) is 0 Å². The Hall–Kier alpha value is -10.5. The molecule has 0 radical (unpaired) electrons. The van der Waals surface area contributed by atoms with Crippen LogP contribution >= 0.6 is 31.9 Å². The molecule has 0 aliphatic heterocycles. The van der Waals surface area contributed by atoms with Gasteiger partial charge in [-0.1, -0.05) is 153 Å². The van der Waals surface area contributed by atoms with Crippen molar-refractivity contribution in [3.63, 3.8) is 0 Å². The van der Waals surface area contributed by atoms with E-state index < -0.39 is 0 Å². The molecule has 9 aromatic carbocycles. The Balaban J connectivity index is 0.000000130. The highest BCUT2D eigenvalue weighted by Crippen LogP contribution is 2.41. The predicted molar refractivity (Wildman–Crippen MR) is 406 cm³/mol. The number of aromatic amines is 6. The number of anilines is 2. The highest BCUT2D eigenvalue weighted by Gasteiger charge is 2.23. The van der Waals surface area contributed by atoms with Crippen LogP contribution in [0.3, 0.4) is 0 Å². The van der Waals surface area contributed by atoms with Crippen LogP contribution in [0.4, 0.5) is 11.4 Å². The highest BCUT2D eigenvalue weighted by atomic mass is 79.9. The van der Waals surface area contributed by atoms with Crippen LogP contribution in [0.1, 0.15) is 22.4 Å². The molecule has 15 rings (SSSR count). The summed E-state index contributed by atoms with van der Waals surface area (Å²) in [6.45, 7) is 5.89. The summed E-state index contributed by atoms with van der Waals surface area (Å²) in [4.78, 5) is 40.6. The number of fused-ring (bicyclic) bond motifs is 3. The number of methoxy groups -OCH3 is 1. The number of aryl methyl sites for hydroxylation is 2. The first kappa shape index (κ1) is 64.2. The Bertz CT molecular complexity index is 5150. The number of rotatable bonds is 16. The maximum absolute atomic E-state index is 5.32. The number of hydrogen-bond acceptors (Lipinski definition) is 8. The molecule has 0 unspecified atom stereocenters. The number of halogens is 2. The monoisotopic (exact) mass is 1390 g/mol. The zero-order valence-electron chi connectivity index (χ0n) is 55.1. The summed E-state index contributed by atoms with van der Waals surface area (Å²) < 4.78 is 7.40. The van der Waals surface area contributed by atoms with Crippen molar-refractivity contribution in [1.29, 1.82) is 0 Å². The number of aromatic nitrogens is 9. The van der Waals surface area contributed by atoms with E-state index in [4.69, 9.17) is 19.7 Å². The van der Waals surface area contributed by atoms with Crippen molar-refractivity contribution in [2.24, 2.45) is 0 Å². The molecule has 0 amide bonds. The third kappa shape index (κ3) is 13.6. The Labute approximate surface area is 576 Å². The molecule has 0 atom stereocenters. The van der Waals surface area contributed by atoms with E-state index in [1.54, 1.807) is 7.11 Å². The molecule has 96 heavy (non-hydrogen) atoms. The summed E-state index contributed by atoms with van der Waals surface area (Å²) >= 11 is 7.18. The van der Waals surface area contributed by atoms with Crippen LogP contribution in [-0.4, -0.2) is 94.3 Å². The van der Waals surface area contributed by atoms with Gasteiger partial charge in [0.2, 0.25) is 0 Å². The van der Waals surface area contributed by atoms with E-state index in [1.165, 1.54) is 27.8 Å². The standard InChI is InChI=1S/C28H29N5.C27H26BrN5.C25H20BrN3O/c1-18-25(23-7-5-6-8-24(23)30-18)28-31-26(20-11-9-19(10-12-20)17-29-2)27(32-28)21-13-15-22(16-14-21)33(3)4;1-29-15-17-4-6-18(7-5-17)25-26(19-8-11-21(12-9-19)33(2)3)32-27(31-25)23-16-30-24-13-10-20(28)14-22(23)24;1-15-3-5-16(6-4-15)23-24(17-7-10-19(30-2)11-8-17)29-25(28-23)21-14-27-22-12-9-18(26)13-20(21)22/h5-16,29-30H,17H2,1-4H3,(H,31,32);4-14,16,29-30H,15H2,1-3H3,(H,31,32);3-14,27H,1-2H3,(H,28,29). The lowest BCUT2D eigenvalue weighted by molar-refractivity contribution is 0.415. The van der Waals surface area contributed by atoms with Crippen molar-refractivity contribution >= 4 is 75.9 Å². The summed E-state index contributed by atoms with van der Waals surface area (Å²) in [7, 11) is 13.8. The second-order valence-electron chi connectivity index (χ2n) is 24.3. The molecule has 0 fully saturated rings. The van der Waals surface area contributed by atoms with Gasteiger partial charge in [0, 0.05) is 162 Å². The molecule has 0 saturated heterocycles. The van der Waals surface area contributed by atoms with Gasteiger partial charge in [0.1, 0.15) is 23.2 Å². The highest BCUT2D eigenvalue weighted by molar-refractivity contribution is 9.10. The molecule has 0 aliphatic carbocycles. The van der Waals surface area contributed by atoms with Gasteiger partial charge in [0.05, 0.1) is 41.3 Å². The van der Waals surface area contributed by atoms with Gasteiger partial charge in [0.25, 0.3) is 0 Å². The van der Waals surface area contributed by atoms with E-state index in [0.29, 0.717) is 0 Å². The minimum absolute atomic E-state index is 0.827. The number of nitrogens with one attached hydrogen (secondary N) is 8. The molecule has 8 N–H and O–H groups in total. The van der Waals surface area contributed by atoms with Crippen LogP contribution in [0.2, 0.25) is 0 Å². The first-order valence-corrected chi connectivity index (χ1v) is 33.5. The first-order valence-electron chi connectivity index (χ1n) is 31.9. The Morgan fingerprint density at radius 2 is 0.812 bits per heavy atom. The topological polar surface area (TPSA) is 173 Å². The fraction of sp³-hybridized carbons (Fsp3) is 0.138. The Morgan fingerprint density at radius 1 is 0.417 bits per heavy atom. The number of ether oxygens (including phenoxy) is 1. The van der Waals surface area contributed by atoms with Crippen LogP contribution in [0.25, 0.3) is 134 Å². The molecule has 6 aromatic heterocycles. The minimum atomic E-state index is 0.827. The van der Waals surface area contributed by atoms with Crippen molar-refractivity contribution in [1.82, 2.24) is 55.5 Å². The van der Waals surface area contributed by atoms with Gasteiger partial charge in [-0.3, -0.25) is 0 Å². The zero-order chi connectivity index (χ0) is 66.6. The van der Waals surface area contributed by atoms with Crippen LogP contribution in [-0.2, 0) is 13.1 Å². The lowest BCUT2D eigenvalue weighted by Crippen LogP contribution is -2.07. The van der Waals surface area contributed by atoms with Crippen LogP contribution in [0.15, 0.2) is 228 Å². The molecule has 15 aromatic rings. The van der Waals surface area contributed by atoms with Crippen molar-refractivity contribution < 1.29 is 4.74 Å². The number of hydrogen-bond donors (Lipinski definition) is 8. The maximum atomic E-state index is 5.32. The van der Waals surface area contributed by atoms with Gasteiger partial charge in [-0.05, 0) is 130 Å². The number of para-hydroxylation sites is 1. The number of benzene rings is 9. The average molecular weight is 1390 g/mol. The van der Waals surface area contributed by atoms with Crippen molar-refractivity contribution in [2.45, 2.75) is 26.9 Å². The average Bonchev–Trinajstić information content (AvgIpc) is 1.64. The zero-order valence-corrected chi connectivity index (χ0v) is 58.3. The quantitative estimate of drug-likeness (QED) is 0.0472. The van der Waals surface area contributed by atoms with Crippen LogP contribution in [0.5, 0.6) is 5.75 Å². The number of imidazole rings is 3. The molecular formula is C80H75Br2N13O. The second-order valence-corrected chi connectivity index (χ2v) is 26.1. The molecule has 0 spiro atoms. The summed E-state index contributed by atoms with van der Waals surface area (Å²) in [6, 6.07) is 71.8. The van der Waals surface area contributed by atoms with Gasteiger partial charge >= 0.3 is 0 Å². The number of H-pyrrole nitrogens is 6. The molecule has 14 nitrogen and oxygen atoms in total. The van der Waals surface area contributed by atoms with Gasteiger partial charge in [0.15, 0.2) is 0 Å². The maximum Gasteiger partial charge on any atom is 0.140 e. The summed E-state index contributed by atoms with van der Waals surface area (Å²) in [5, 5.41) is 9.84. The van der Waals surface area contributed by atoms with E-state index in [1.807, 2.05) is 62.9 Å². The van der Waals surface area contributed by atoms with E-state index in [-0.39, 0.29) is 0 Å². The molecule has 0 aliphatic rings. The lowest BCUT2D eigenvalue weighted by Gasteiger charge is -2.12. The lowest BCUT2D eigenvalue weighted by atomic mass is 10.0. The van der Waals surface area contributed by atoms with E-state index in [2.05, 4.69) is 294 Å². The smallest absolute Gasteiger partial charge is 0.140 e. The third-order valence-corrected chi connectivity index (χ3v) is 18.3. The summed E-state index contributed by atoms with van der Waals surface area (Å²) in [5.74, 6) is 3.39. The normalized spacial score (nSPS) is 11.2. The largest absolute Gasteiger partial charge is 0.497 e. The Morgan fingerprint density at radius 3 is 1.24 bits per heavy atom. The summed E-state index contributed by atoms with van der Waals surface area (Å²) in [6.07, 6.45) is 4.03. The summed E-state index contributed by atoms with van der Waals surface area (Å²) in [5.41, 5.74) is 26.1. The Kier molecular flexibility index (Phi) is 18.9. The van der Waals surface area contributed by atoms with E-state index >= 15 is 0 Å². The van der Waals surface area contributed by atoms with Crippen molar-refractivity contribution in [3.05, 3.63) is 250 Å². The van der Waals surface area contributed by atoms with Gasteiger partial charge in [-0.2, -0.15) is 0 Å². The molecule has 480 valence electrons. The van der Waals surface area contributed by atoms with Gasteiger partial charge in [-0.15, -0.1) is 0 Å². The molecular weight excluding hydrogens is 1320 g/mol. The van der Waals surface area contributed by atoms with Crippen molar-refractivity contribution in [2.75, 3.05) is 59.2 Å². The second kappa shape index (κ2) is 28.2. The fourth-order valence-corrected chi connectivity index (χ4v) is 12.9. The predicted octanol–water partition coefficient (Wildman–Crippen LogP) is 19.4. The van der Waals surface area contributed by atoms with Crippen LogP contribution in [0, 0.1) is 13.8 Å². The fourth-order valence-electron chi connectivity index (χ4n) is 12.2. The molecule has 16 heteroatoms.